The smallest absolute Gasteiger partial charge is 0.222 e. The van der Waals surface area contributed by atoms with Gasteiger partial charge in [-0.25, -0.2) is 15.0 Å². The van der Waals surface area contributed by atoms with Gasteiger partial charge in [-0.05, 0) is 6.92 Å². The van der Waals surface area contributed by atoms with E-state index in [4.69, 9.17) is 4.74 Å². The zero-order chi connectivity index (χ0) is 20.9. The number of nitrogens with zero attached hydrogens (tertiary/aromatic N) is 5. The van der Waals surface area contributed by atoms with Crippen molar-refractivity contribution in [2.24, 2.45) is 5.10 Å². The van der Waals surface area contributed by atoms with Crippen molar-refractivity contribution in [3.63, 3.8) is 0 Å². The minimum Gasteiger partial charge on any atom is -0.394 e. The molecule has 4 heterocycles. The molecule has 1 fully saturated rings. The number of carbonyl (C=O) groups excluding carboxylic acids is 1. The van der Waals surface area contributed by atoms with Crippen LogP contribution in [0.2, 0.25) is 0 Å². The van der Waals surface area contributed by atoms with E-state index in [1.54, 1.807) is 13.1 Å². The van der Waals surface area contributed by atoms with Crippen molar-refractivity contribution in [2.75, 3.05) is 24.8 Å². The van der Waals surface area contributed by atoms with Crippen LogP contribution in [0.5, 0.6) is 0 Å². The number of β-amino-alcohol motifs (C(OH)–C–C–N with tert-alkyl or cyclic N) is 1. The molecule has 2 aromatic rings. The van der Waals surface area contributed by atoms with E-state index in [2.05, 4.69) is 20.4 Å². The Morgan fingerprint density at radius 1 is 1.34 bits per heavy atom. The molecule has 0 aliphatic carbocycles. The van der Waals surface area contributed by atoms with E-state index in [1.165, 1.54) is 22.8 Å². The van der Waals surface area contributed by atoms with Gasteiger partial charge in [0.05, 0.1) is 30.7 Å². The predicted octanol–water partition coefficient (Wildman–Crippen LogP) is -2.17. The predicted molar refractivity (Wildman–Crippen MR) is 99.9 cm³/mol. The Kier molecular flexibility index (Phi) is 4.75. The van der Waals surface area contributed by atoms with Crippen LogP contribution in [0.3, 0.4) is 0 Å². The van der Waals surface area contributed by atoms with Gasteiger partial charge in [-0.3, -0.25) is 4.79 Å². The number of amides is 1. The highest BCUT2D eigenvalue weighted by Crippen LogP contribution is 2.41. The quantitative estimate of drug-likeness (QED) is 0.380. The second-order valence-corrected chi connectivity index (χ2v) is 7.11. The molecule has 0 bridgehead atoms. The standard InChI is InChI=1S/C17H22N6O6/c1-8(26)20-14-9-5-22(17(2)13(28)12(27)10(6-25)29-17)15-11(9)16(19-7-18-15)23(21-14)3-4-24/h5,7,10,12-13,24-25,27-28H,3-4,6H2,1-2H3,(H,20,21,26)/t10-,12-,13-,17?/m1/s1. The first-order valence-electron chi connectivity index (χ1n) is 9.08. The Balaban J connectivity index is 1.92. The van der Waals surface area contributed by atoms with E-state index in [-0.39, 0.29) is 24.9 Å². The summed E-state index contributed by atoms with van der Waals surface area (Å²) in [5, 5.41) is 48.7. The van der Waals surface area contributed by atoms with Gasteiger partial charge in [-0.15, -0.1) is 0 Å². The maximum absolute atomic E-state index is 11.7. The third kappa shape index (κ3) is 2.88. The summed E-state index contributed by atoms with van der Waals surface area (Å²) in [5.74, 6) is 0.308. The lowest BCUT2D eigenvalue weighted by Crippen LogP contribution is -2.43. The van der Waals surface area contributed by atoms with Gasteiger partial charge in [-0.2, -0.15) is 5.10 Å². The number of aromatic nitrogens is 3. The second-order valence-electron chi connectivity index (χ2n) is 7.11. The summed E-state index contributed by atoms with van der Waals surface area (Å²) in [5.41, 5.74) is -0.570. The minimum absolute atomic E-state index is 0.140. The van der Waals surface area contributed by atoms with Gasteiger partial charge in [0, 0.05) is 13.1 Å². The van der Waals surface area contributed by atoms with E-state index in [0.29, 0.717) is 22.4 Å². The lowest BCUT2D eigenvalue weighted by Gasteiger charge is -2.30. The first kappa shape index (κ1) is 19.7. The largest absolute Gasteiger partial charge is 0.394 e. The third-order valence-corrected chi connectivity index (χ3v) is 5.19. The summed E-state index contributed by atoms with van der Waals surface area (Å²) in [6, 6.07) is 0. The molecule has 2 aliphatic rings. The Morgan fingerprint density at radius 3 is 2.72 bits per heavy atom. The molecule has 1 unspecified atom stereocenters. The van der Waals surface area contributed by atoms with Crippen molar-refractivity contribution in [3.8, 4) is 0 Å². The van der Waals surface area contributed by atoms with Gasteiger partial charge in [-0.1, -0.05) is 0 Å². The highest BCUT2D eigenvalue weighted by atomic mass is 16.6. The summed E-state index contributed by atoms with van der Waals surface area (Å²) in [6.45, 7) is 2.39. The number of rotatable bonds is 4. The van der Waals surface area contributed by atoms with Crippen molar-refractivity contribution < 1.29 is 30.0 Å². The van der Waals surface area contributed by atoms with Crippen LogP contribution in [0.25, 0.3) is 11.0 Å². The molecule has 2 aliphatic heterocycles. The fraction of sp³-hybridized carbons (Fsp3) is 0.529. The highest BCUT2D eigenvalue weighted by Gasteiger charge is 2.53. The summed E-state index contributed by atoms with van der Waals surface area (Å²) in [7, 11) is 0. The third-order valence-electron chi connectivity index (χ3n) is 5.19. The van der Waals surface area contributed by atoms with Crippen LogP contribution in [-0.4, -0.2) is 84.8 Å². The van der Waals surface area contributed by atoms with Crippen molar-refractivity contribution in [3.05, 3.63) is 18.1 Å². The van der Waals surface area contributed by atoms with Crippen molar-refractivity contribution in [2.45, 2.75) is 37.9 Å². The molecule has 5 N–H and O–H groups in total. The molecular weight excluding hydrogens is 384 g/mol. The minimum atomic E-state index is -1.44. The number of hydrazone groups is 1. The van der Waals surface area contributed by atoms with Crippen molar-refractivity contribution in [1.82, 2.24) is 19.9 Å². The number of aliphatic hydroxyl groups excluding tert-OH is 4. The van der Waals surface area contributed by atoms with Gasteiger partial charge in [0.25, 0.3) is 0 Å². The van der Waals surface area contributed by atoms with Crippen LogP contribution in [0.15, 0.2) is 17.6 Å². The van der Waals surface area contributed by atoms with Gasteiger partial charge < -0.3 is 35.0 Å². The molecule has 12 nitrogen and oxygen atoms in total. The monoisotopic (exact) mass is 406 g/mol. The zero-order valence-corrected chi connectivity index (χ0v) is 15.8. The molecule has 29 heavy (non-hydrogen) atoms. The van der Waals surface area contributed by atoms with Crippen LogP contribution in [-0.2, 0) is 15.3 Å². The number of anilines is 1. The number of carbonyl (C=O) groups is 1. The van der Waals surface area contributed by atoms with Crippen LogP contribution in [0.4, 0.5) is 5.82 Å². The first-order chi connectivity index (χ1) is 13.8. The number of amidine groups is 1. The molecule has 4 atom stereocenters. The zero-order valence-electron chi connectivity index (χ0n) is 15.8. The molecular formula is C17H22N6O6. The number of hydrogen-bond acceptors (Lipinski definition) is 10. The normalized spacial score (nSPS) is 28.7. The molecule has 0 radical (unpaired) electrons. The number of hydrogen-bond donors (Lipinski definition) is 5. The topological polar surface area (TPSA) is 166 Å². The van der Waals surface area contributed by atoms with Crippen LogP contribution in [0, 0.1) is 0 Å². The van der Waals surface area contributed by atoms with Gasteiger partial charge in [0.1, 0.15) is 30.3 Å². The van der Waals surface area contributed by atoms with Crippen LogP contribution in [0.1, 0.15) is 19.4 Å². The fourth-order valence-corrected chi connectivity index (χ4v) is 3.80. The molecule has 0 spiro atoms. The van der Waals surface area contributed by atoms with E-state index in [0.717, 1.165) is 0 Å². The summed E-state index contributed by atoms with van der Waals surface area (Å²) >= 11 is 0. The lowest BCUT2D eigenvalue weighted by molar-refractivity contribution is -0.132. The Morgan fingerprint density at radius 2 is 2.10 bits per heavy atom. The molecule has 156 valence electrons. The maximum Gasteiger partial charge on any atom is 0.222 e. The maximum atomic E-state index is 11.7. The average molecular weight is 406 g/mol. The number of nitrogens with one attached hydrogen (secondary N) is 1. The van der Waals surface area contributed by atoms with Crippen LogP contribution >= 0.6 is 0 Å². The number of aliphatic hydroxyl groups is 4. The molecule has 1 saturated heterocycles. The Bertz CT molecular complexity index is 992. The highest BCUT2D eigenvalue weighted by molar-refractivity contribution is 6.18. The van der Waals surface area contributed by atoms with E-state index < -0.39 is 30.6 Å². The van der Waals surface area contributed by atoms with E-state index in [1.807, 2.05) is 0 Å². The SMILES string of the molecule is CC(=O)NC1=NN(CCO)c2ncnc3c2c1cn3C1(C)O[C@H](CO)[C@@H](O)[C@H]1O. The van der Waals surface area contributed by atoms with Crippen molar-refractivity contribution in [1.29, 1.82) is 0 Å². The summed E-state index contributed by atoms with van der Waals surface area (Å²) in [4.78, 5) is 20.3. The average Bonchev–Trinajstić information content (AvgIpc) is 3.19. The second kappa shape index (κ2) is 7.00. The first-order valence-corrected chi connectivity index (χ1v) is 9.08. The van der Waals surface area contributed by atoms with E-state index in [9.17, 15) is 25.2 Å². The number of ether oxygens (including phenoxy) is 1. The lowest BCUT2D eigenvalue weighted by atomic mass is 10.0. The molecule has 0 saturated carbocycles. The summed E-state index contributed by atoms with van der Waals surface area (Å²) < 4.78 is 7.33. The molecule has 0 aromatic carbocycles. The summed E-state index contributed by atoms with van der Waals surface area (Å²) in [6.07, 6.45) is -0.712. The Labute approximate surface area is 165 Å². The van der Waals surface area contributed by atoms with Gasteiger partial charge >= 0.3 is 0 Å². The van der Waals surface area contributed by atoms with Crippen LogP contribution < -0.4 is 10.3 Å². The molecule has 1 amide bonds. The molecule has 2 aromatic heterocycles. The van der Waals surface area contributed by atoms with Crippen molar-refractivity contribution >= 4 is 28.6 Å². The van der Waals surface area contributed by atoms with E-state index >= 15 is 0 Å². The molecule has 12 heteroatoms. The molecule has 4 rings (SSSR count). The Hall–Kier alpha value is -2.64. The van der Waals surface area contributed by atoms with Gasteiger partial charge in [0.2, 0.25) is 5.91 Å². The van der Waals surface area contributed by atoms with Gasteiger partial charge in [0.15, 0.2) is 17.4 Å². The fourth-order valence-electron chi connectivity index (χ4n) is 3.80.